The number of aryl methyl sites for hydroxylation is 2. The van der Waals surface area contributed by atoms with Gasteiger partial charge < -0.3 is 14.3 Å². The van der Waals surface area contributed by atoms with Crippen molar-refractivity contribution in [3.63, 3.8) is 0 Å². The summed E-state index contributed by atoms with van der Waals surface area (Å²) < 4.78 is 7.86. The Morgan fingerprint density at radius 3 is 2.72 bits per heavy atom. The van der Waals surface area contributed by atoms with E-state index in [0.29, 0.717) is 28.8 Å². The number of benzene rings is 2. The molecule has 6 heteroatoms. The SMILES string of the molecule is Cc1ccc2oc(-c3ccc(C(=O)NCCCn4ccnc4)cc3)cc(=O)c2c1. The van der Waals surface area contributed by atoms with E-state index in [1.165, 1.54) is 6.07 Å². The molecule has 2 aromatic heterocycles. The summed E-state index contributed by atoms with van der Waals surface area (Å²) in [6, 6.07) is 14.1. The third-order valence-corrected chi connectivity index (χ3v) is 4.75. The third kappa shape index (κ3) is 4.27. The second-order valence-corrected chi connectivity index (χ2v) is 6.96. The number of nitrogens with zero attached hydrogens (tertiary/aromatic N) is 2. The zero-order valence-corrected chi connectivity index (χ0v) is 16.1. The lowest BCUT2D eigenvalue weighted by Crippen LogP contribution is -2.25. The van der Waals surface area contributed by atoms with Gasteiger partial charge in [-0.3, -0.25) is 9.59 Å². The van der Waals surface area contributed by atoms with Gasteiger partial charge in [-0.25, -0.2) is 4.98 Å². The Bertz CT molecular complexity index is 1190. The van der Waals surface area contributed by atoms with Crippen LogP contribution in [0.2, 0.25) is 0 Å². The maximum absolute atomic E-state index is 12.4. The molecule has 2 aromatic carbocycles. The van der Waals surface area contributed by atoms with Gasteiger partial charge >= 0.3 is 0 Å². The van der Waals surface area contributed by atoms with Crippen molar-refractivity contribution in [2.45, 2.75) is 19.9 Å². The number of rotatable bonds is 6. The van der Waals surface area contributed by atoms with E-state index >= 15 is 0 Å². The van der Waals surface area contributed by atoms with E-state index < -0.39 is 0 Å². The number of fused-ring (bicyclic) bond motifs is 1. The molecule has 29 heavy (non-hydrogen) atoms. The van der Waals surface area contributed by atoms with Gasteiger partial charge in [0.25, 0.3) is 5.91 Å². The predicted octanol–water partition coefficient (Wildman–Crippen LogP) is 3.79. The van der Waals surface area contributed by atoms with Crippen molar-refractivity contribution in [2.75, 3.05) is 6.54 Å². The zero-order chi connectivity index (χ0) is 20.2. The minimum Gasteiger partial charge on any atom is -0.456 e. The Balaban J connectivity index is 1.43. The summed E-state index contributed by atoms with van der Waals surface area (Å²) in [7, 11) is 0. The van der Waals surface area contributed by atoms with E-state index in [2.05, 4.69) is 10.3 Å². The molecule has 4 rings (SSSR count). The van der Waals surface area contributed by atoms with E-state index in [1.807, 2.05) is 29.8 Å². The standard InChI is InChI=1S/C23H21N3O3/c1-16-3-8-21-19(13-16)20(27)14-22(29-21)17-4-6-18(7-5-17)23(28)25-9-2-11-26-12-10-24-15-26/h3-8,10,12-15H,2,9,11H2,1H3,(H,25,28). The van der Waals surface area contributed by atoms with Gasteiger partial charge in [0.1, 0.15) is 11.3 Å². The highest BCUT2D eigenvalue weighted by molar-refractivity contribution is 5.94. The zero-order valence-electron chi connectivity index (χ0n) is 16.1. The minimum absolute atomic E-state index is 0.0790. The Kier molecular flexibility index (Phi) is 5.24. The van der Waals surface area contributed by atoms with Crippen molar-refractivity contribution in [3.05, 3.63) is 88.6 Å². The predicted molar refractivity (Wildman–Crippen MR) is 112 cm³/mol. The lowest BCUT2D eigenvalue weighted by Gasteiger charge is -2.07. The second kappa shape index (κ2) is 8.14. The fourth-order valence-corrected chi connectivity index (χ4v) is 3.18. The first-order valence-corrected chi connectivity index (χ1v) is 9.49. The van der Waals surface area contributed by atoms with Gasteiger partial charge in [-0.05, 0) is 37.6 Å². The average molecular weight is 387 g/mol. The largest absolute Gasteiger partial charge is 0.456 e. The molecule has 0 unspecified atom stereocenters. The number of carbonyl (C=O) groups is 1. The number of amides is 1. The van der Waals surface area contributed by atoms with Crippen molar-refractivity contribution < 1.29 is 9.21 Å². The van der Waals surface area contributed by atoms with Gasteiger partial charge in [0.2, 0.25) is 0 Å². The number of hydrogen-bond acceptors (Lipinski definition) is 4. The minimum atomic E-state index is -0.127. The van der Waals surface area contributed by atoms with Gasteiger partial charge in [-0.1, -0.05) is 23.8 Å². The highest BCUT2D eigenvalue weighted by atomic mass is 16.3. The van der Waals surface area contributed by atoms with Gasteiger partial charge in [0, 0.05) is 42.7 Å². The first-order chi connectivity index (χ1) is 14.1. The summed E-state index contributed by atoms with van der Waals surface area (Å²) in [6.45, 7) is 3.33. The van der Waals surface area contributed by atoms with Crippen LogP contribution in [0.5, 0.6) is 0 Å². The second-order valence-electron chi connectivity index (χ2n) is 6.96. The number of nitrogens with one attached hydrogen (secondary N) is 1. The molecule has 0 spiro atoms. The number of hydrogen-bond donors (Lipinski definition) is 1. The summed E-state index contributed by atoms with van der Waals surface area (Å²) in [6.07, 6.45) is 6.21. The van der Waals surface area contributed by atoms with Crippen molar-refractivity contribution in [3.8, 4) is 11.3 Å². The molecule has 146 valence electrons. The molecule has 0 fully saturated rings. The van der Waals surface area contributed by atoms with E-state index in [-0.39, 0.29) is 11.3 Å². The van der Waals surface area contributed by atoms with Crippen molar-refractivity contribution in [2.24, 2.45) is 0 Å². The maximum atomic E-state index is 12.4. The summed E-state index contributed by atoms with van der Waals surface area (Å²) in [5.41, 5.74) is 2.80. The number of carbonyl (C=O) groups excluding carboxylic acids is 1. The van der Waals surface area contributed by atoms with Crippen LogP contribution in [0, 0.1) is 6.92 Å². The normalized spacial score (nSPS) is 10.9. The Labute approximate surface area is 167 Å². The summed E-state index contributed by atoms with van der Waals surface area (Å²) in [5.74, 6) is 0.358. The van der Waals surface area contributed by atoms with Crippen LogP contribution in [-0.2, 0) is 6.54 Å². The van der Waals surface area contributed by atoms with Crippen LogP contribution in [0.25, 0.3) is 22.3 Å². The van der Waals surface area contributed by atoms with Crippen LogP contribution < -0.4 is 10.7 Å². The molecule has 1 amide bonds. The van der Waals surface area contributed by atoms with Gasteiger partial charge in [-0.2, -0.15) is 0 Å². The molecular weight excluding hydrogens is 366 g/mol. The first-order valence-electron chi connectivity index (χ1n) is 9.49. The van der Waals surface area contributed by atoms with Gasteiger partial charge in [-0.15, -0.1) is 0 Å². The summed E-state index contributed by atoms with van der Waals surface area (Å²) in [5, 5.41) is 3.48. The fourth-order valence-electron chi connectivity index (χ4n) is 3.18. The Morgan fingerprint density at radius 2 is 1.97 bits per heavy atom. The number of aromatic nitrogens is 2. The maximum Gasteiger partial charge on any atom is 0.251 e. The van der Waals surface area contributed by atoms with E-state index in [9.17, 15) is 9.59 Å². The fraction of sp³-hybridized carbons (Fsp3) is 0.174. The highest BCUT2D eigenvalue weighted by Crippen LogP contribution is 2.23. The molecule has 0 bridgehead atoms. The molecule has 0 saturated carbocycles. The molecule has 4 aromatic rings. The monoisotopic (exact) mass is 387 g/mol. The third-order valence-electron chi connectivity index (χ3n) is 4.75. The van der Waals surface area contributed by atoms with Crippen molar-refractivity contribution in [1.82, 2.24) is 14.9 Å². The highest BCUT2D eigenvalue weighted by Gasteiger charge is 2.09. The molecule has 1 N–H and O–H groups in total. The van der Waals surface area contributed by atoms with Crippen LogP contribution in [0.4, 0.5) is 0 Å². The summed E-state index contributed by atoms with van der Waals surface area (Å²) >= 11 is 0. The summed E-state index contributed by atoms with van der Waals surface area (Å²) in [4.78, 5) is 28.7. The van der Waals surface area contributed by atoms with Crippen LogP contribution in [0.1, 0.15) is 22.3 Å². The molecular formula is C23H21N3O3. The molecule has 0 radical (unpaired) electrons. The number of imidazole rings is 1. The molecule has 0 aliphatic carbocycles. The Morgan fingerprint density at radius 1 is 1.14 bits per heavy atom. The molecule has 0 aliphatic heterocycles. The molecule has 0 atom stereocenters. The molecule has 0 aliphatic rings. The van der Waals surface area contributed by atoms with E-state index in [1.54, 1.807) is 42.9 Å². The van der Waals surface area contributed by atoms with Crippen LogP contribution in [-0.4, -0.2) is 22.0 Å². The topological polar surface area (TPSA) is 77.1 Å². The van der Waals surface area contributed by atoms with Crippen LogP contribution >= 0.6 is 0 Å². The average Bonchev–Trinajstić information content (AvgIpc) is 3.25. The smallest absolute Gasteiger partial charge is 0.251 e. The molecule has 2 heterocycles. The van der Waals surface area contributed by atoms with Gasteiger partial charge in [0.05, 0.1) is 11.7 Å². The van der Waals surface area contributed by atoms with Crippen LogP contribution in [0.15, 0.2) is 76.5 Å². The molecule has 6 nitrogen and oxygen atoms in total. The van der Waals surface area contributed by atoms with E-state index in [4.69, 9.17) is 4.42 Å². The Hall–Kier alpha value is -3.67. The van der Waals surface area contributed by atoms with Crippen LogP contribution in [0.3, 0.4) is 0 Å². The van der Waals surface area contributed by atoms with Gasteiger partial charge in [0.15, 0.2) is 5.43 Å². The van der Waals surface area contributed by atoms with Crippen molar-refractivity contribution in [1.29, 1.82) is 0 Å². The van der Waals surface area contributed by atoms with E-state index in [0.717, 1.165) is 24.1 Å². The quantitative estimate of drug-likeness (QED) is 0.511. The molecule has 0 saturated heterocycles. The lowest BCUT2D eigenvalue weighted by atomic mass is 10.1. The van der Waals surface area contributed by atoms with Crippen molar-refractivity contribution >= 4 is 16.9 Å². The lowest BCUT2D eigenvalue weighted by molar-refractivity contribution is 0.0952. The first kappa shape index (κ1) is 18.7.